The number of nitrogens with zero attached hydrogens (tertiary/aromatic N) is 3. The van der Waals surface area contributed by atoms with Gasteiger partial charge in [-0.3, -0.25) is 10.1 Å². The van der Waals surface area contributed by atoms with Crippen LogP contribution in [0.3, 0.4) is 0 Å². The Balaban J connectivity index is 2.58. The van der Waals surface area contributed by atoms with E-state index in [9.17, 15) is 20.0 Å². The number of rotatable bonds is 3. The van der Waals surface area contributed by atoms with E-state index in [1.807, 2.05) is 20.8 Å². The van der Waals surface area contributed by atoms with Crippen LogP contribution >= 0.6 is 0 Å². The van der Waals surface area contributed by atoms with E-state index in [2.05, 4.69) is 5.10 Å². The molecule has 1 heterocycles. The summed E-state index contributed by atoms with van der Waals surface area (Å²) in [6, 6.07) is 5.89. The topological polar surface area (TPSA) is 98.3 Å². The smallest absolute Gasteiger partial charge is 0.339 e. The van der Waals surface area contributed by atoms with Gasteiger partial charge in [-0.25, -0.2) is 9.48 Å². The summed E-state index contributed by atoms with van der Waals surface area (Å²) in [5, 5.41) is 24.4. The van der Waals surface area contributed by atoms with Crippen LogP contribution in [0.15, 0.2) is 30.5 Å². The minimum atomic E-state index is -1.07. The van der Waals surface area contributed by atoms with E-state index >= 15 is 0 Å². The molecule has 0 radical (unpaired) electrons. The number of hydrogen-bond acceptors (Lipinski definition) is 4. The predicted molar refractivity (Wildman–Crippen MR) is 75.9 cm³/mol. The van der Waals surface area contributed by atoms with Gasteiger partial charge in [-0.2, -0.15) is 5.10 Å². The van der Waals surface area contributed by atoms with Crippen LogP contribution in [0.1, 0.15) is 36.8 Å². The summed E-state index contributed by atoms with van der Waals surface area (Å²) in [6.07, 6.45) is 1.38. The number of aromatic nitrogens is 2. The van der Waals surface area contributed by atoms with Gasteiger partial charge in [0.25, 0.3) is 5.69 Å². The quantitative estimate of drug-likeness (QED) is 0.692. The number of aromatic carboxylic acids is 1. The molecular weight excluding hydrogens is 274 g/mol. The van der Waals surface area contributed by atoms with Gasteiger partial charge < -0.3 is 5.11 Å². The van der Waals surface area contributed by atoms with Crippen molar-refractivity contribution in [1.82, 2.24) is 9.78 Å². The molecule has 1 aromatic carbocycles. The summed E-state index contributed by atoms with van der Waals surface area (Å²) < 4.78 is 1.36. The van der Waals surface area contributed by atoms with Crippen molar-refractivity contribution >= 4 is 11.7 Å². The average molecular weight is 289 g/mol. The fraction of sp³-hybridized carbons (Fsp3) is 0.286. The molecule has 0 aliphatic rings. The molecule has 0 spiro atoms. The minimum Gasteiger partial charge on any atom is -0.478 e. The van der Waals surface area contributed by atoms with Crippen molar-refractivity contribution in [2.24, 2.45) is 0 Å². The lowest BCUT2D eigenvalue weighted by Crippen LogP contribution is -2.16. The number of carbonyl (C=O) groups is 1. The Kier molecular flexibility index (Phi) is 3.51. The first-order valence-electron chi connectivity index (χ1n) is 6.28. The molecule has 2 rings (SSSR count). The summed E-state index contributed by atoms with van der Waals surface area (Å²) in [5.74, 6) is -1.07. The minimum absolute atomic E-state index is 0.0721. The standard InChI is InChI=1S/C14H15N3O4/c1-14(2,3)12-11(13(18)19)8-16(15-12)9-5-4-6-10(7-9)17(20)21/h4-8H,1-3H3,(H,18,19). The zero-order valence-corrected chi connectivity index (χ0v) is 11.9. The van der Waals surface area contributed by atoms with Crippen LogP contribution in [0.25, 0.3) is 5.69 Å². The molecule has 0 saturated heterocycles. The Morgan fingerprint density at radius 2 is 2.05 bits per heavy atom. The van der Waals surface area contributed by atoms with Crippen molar-refractivity contribution < 1.29 is 14.8 Å². The molecule has 7 heteroatoms. The lowest BCUT2D eigenvalue weighted by atomic mass is 9.90. The van der Waals surface area contributed by atoms with Crippen molar-refractivity contribution in [1.29, 1.82) is 0 Å². The number of carboxylic acid groups (broad SMARTS) is 1. The molecule has 0 amide bonds. The maximum Gasteiger partial charge on any atom is 0.339 e. The van der Waals surface area contributed by atoms with Gasteiger partial charge in [-0.15, -0.1) is 0 Å². The molecule has 0 unspecified atom stereocenters. The van der Waals surface area contributed by atoms with Crippen LogP contribution in [-0.2, 0) is 5.41 Å². The van der Waals surface area contributed by atoms with Crippen LogP contribution in [0, 0.1) is 10.1 Å². The van der Waals surface area contributed by atoms with Crippen LogP contribution in [0.5, 0.6) is 0 Å². The number of benzene rings is 1. The molecule has 1 N–H and O–H groups in total. The first-order valence-corrected chi connectivity index (χ1v) is 6.28. The summed E-state index contributed by atoms with van der Waals surface area (Å²) >= 11 is 0. The number of hydrogen-bond donors (Lipinski definition) is 1. The fourth-order valence-electron chi connectivity index (χ4n) is 1.97. The molecule has 0 saturated carbocycles. The molecule has 21 heavy (non-hydrogen) atoms. The number of nitro benzene ring substituents is 1. The third-order valence-corrected chi connectivity index (χ3v) is 2.96. The monoisotopic (exact) mass is 289 g/mol. The van der Waals surface area contributed by atoms with Crippen molar-refractivity contribution in [2.75, 3.05) is 0 Å². The third kappa shape index (κ3) is 2.91. The largest absolute Gasteiger partial charge is 0.478 e. The predicted octanol–water partition coefficient (Wildman–Crippen LogP) is 2.78. The summed E-state index contributed by atoms with van der Waals surface area (Å²) in [5.41, 5.74) is 0.453. The van der Waals surface area contributed by atoms with Gasteiger partial charge >= 0.3 is 5.97 Å². The first-order chi connectivity index (χ1) is 9.70. The van der Waals surface area contributed by atoms with Gasteiger partial charge in [0.15, 0.2) is 0 Å². The maximum atomic E-state index is 11.3. The molecule has 0 bridgehead atoms. The van der Waals surface area contributed by atoms with E-state index in [0.29, 0.717) is 11.4 Å². The first kappa shape index (κ1) is 14.7. The Bertz CT molecular complexity index is 713. The maximum absolute atomic E-state index is 11.3. The Morgan fingerprint density at radius 3 is 2.52 bits per heavy atom. The van der Waals surface area contributed by atoms with Gasteiger partial charge in [-0.1, -0.05) is 26.8 Å². The normalized spacial score (nSPS) is 11.4. The van der Waals surface area contributed by atoms with E-state index in [1.54, 1.807) is 6.07 Å². The second kappa shape index (κ2) is 5.01. The molecule has 2 aromatic rings. The molecule has 0 atom stereocenters. The number of non-ortho nitro benzene ring substituents is 1. The molecule has 0 aliphatic carbocycles. The lowest BCUT2D eigenvalue weighted by Gasteiger charge is -2.15. The van der Waals surface area contributed by atoms with Gasteiger partial charge in [0, 0.05) is 23.7 Å². The van der Waals surface area contributed by atoms with Gasteiger partial charge in [0.2, 0.25) is 0 Å². The second-order valence-corrected chi connectivity index (χ2v) is 5.67. The second-order valence-electron chi connectivity index (χ2n) is 5.67. The highest BCUT2D eigenvalue weighted by atomic mass is 16.6. The lowest BCUT2D eigenvalue weighted by molar-refractivity contribution is -0.384. The van der Waals surface area contributed by atoms with E-state index in [1.165, 1.54) is 29.1 Å². The summed E-state index contributed by atoms with van der Waals surface area (Å²) in [7, 11) is 0. The van der Waals surface area contributed by atoms with E-state index in [4.69, 9.17) is 0 Å². The Labute approximate surface area is 121 Å². The Morgan fingerprint density at radius 1 is 1.38 bits per heavy atom. The SMILES string of the molecule is CC(C)(C)c1nn(-c2cccc([N+](=O)[O-])c2)cc1C(=O)O. The van der Waals surface area contributed by atoms with Crippen molar-refractivity contribution in [2.45, 2.75) is 26.2 Å². The van der Waals surface area contributed by atoms with E-state index < -0.39 is 16.3 Å². The fourth-order valence-corrected chi connectivity index (χ4v) is 1.97. The molecule has 7 nitrogen and oxygen atoms in total. The zero-order valence-electron chi connectivity index (χ0n) is 11.9. The highest BCUT2D eigenvalue weighted by molar-refractivity contribution is 5.89. The van der Waals surface area contributed by atoms with Gasteiger partial charge in [0.05, 0.1) is 16.3 Å². The summed E-state index contributed by atoms with van der Waals surface area (Å²) in [6.45, 7) is 5.58. The molecule has 0 aliphatic heterocycles. The third-order valence-electron chi connectivity index (χ3n) is 2.96. The van der Waals surface area contributed by atoms with Crippen molar-refractivity contribution in [3.63, 3.8) is 0 Å². The van der Waals surface area contributed by atoms with Crippen molar-refractivity contribution in [3.05, 3.63) is 51.8 Å². The highest BCUT2D eigenvalue weighted by Gasteiger charge is 2.26. The average Bonchev–Trinajstić information content (AvgIpc) is 2.84. The molecule has 110 valence electrons. The molecule has 1 aromatic heterocycles. The number of carboxylic acids is 1. The van der Waals surface area contributed by atoms with Crippen LogP contribution in [-0.4, -0.2) is 25.8 Å². The molecule has 0 fully saturated rings. The van der Waals surface area contributed by atoms with E-state index in [0.717, 1.165) is 0 Å². The summed E-state index contributed by atoms with van der Waals surface area (Å²) in [4.78, 5) is 21.6. The van der Waals surface area contributed by atoms with Crippen LogP contribution < -0.4 is 0 Å². The van der Waals surface area contributed by atoms with Gasteiger partial charge in [0.1, 0.15) is 5.56 Å². The highest BCUT2D eigenvalue weighted by Crippen LogP contribution is 2.26. The zero-order chi connectivity index (χ0) is 15.8. The number of nitro groups is 1. The van der Waals surface area contributed by atoms with E-state index in [-0.39, 0.29) is 11.3 Å². The van der Waals surface area contributed by atoms with Gasteiger partial charge in [-0.05, 0) is 6.07 Å². The van der Waals surface area contributed by atoms with Crippen molar-refractivity contribution in [3.8, 4) is 5.69 Å². The molecular formula is C14H15N3O4. The van der Waals surface area contributed by atoms with Crippen LogP contribution in [0.4, 0.5) is 5.69 Å². The van der Waals surface area contributed by atoms with Crippen LogP contribution in [0.2, 0.25) is 0 Å². The Hall–Kier alpha value is -2.70.